The molecule has 1 amide bonds. The number of imidazole rings is 1. The van der Waals surface area contributed by atoms with Crippen LogP contribution in [0, 0.1) is 6.92 Å². The van der Waals surface area contributed by atoms with Crippen LogP contribution in [-0.2, 0) is 4.79 Å². The Morgan fingerprint density at radius 3 is 2.84 bits per heavy atom. The van der Waals surface area contributed by atoms with Gasteiger partial charge in [0.05, 0.1) is 18.4 Å². The lowest BCUT2D eigenvalue weighted by Gasteiger charge is -2.17. The standard InChI is InChI=1S/C18H23N5OS/c1-11(2)14-7-5-6-12(3)17(14)22-16(24)8-19-13(4)15-9-23-18(21-15)25-10-20-23/h5-7,9-11,13,19H,8H2,1-4H3,(H,22,24)/t13-/m0/s1. The van der Waals surface area contributed by atoms with E-state index >= 15 is 0 Å². The molecule has 0 bridgehead atoms. The van der Waals surface area contributed by atoms with E-state index in [1.807, 2.05) is 32.2 Å². The van der Waals surface area contributed by atoms with Gasteiger partial charge in [-0.05, 0) is 30.9 Å². The molecule has 0 saturated heterocycles. The SMILES string of the molecule is Cc1cccc(C(C)C)c1NC(=O)CN[C@@H](C)c1cn2ncsc2n1. The number of anilines is 1. The fourth-order valence-electron chi connectivity index (χ4n) is 2.74. The van der Waals surface area contributed by atoms with Crippen molar-refractivity contribution in [3.63, 3.8) is 0 Å². The van der Waals surface area contributed by atoms with Gasteiger partial charge in [-0.2, -0.15) is 5.10 Å². The number of para-hydroxylation sites is 1. The third-order valence-electron chi connectivity index (χ3n) is 4.21. The molecule has 2 aromatic heterocycles. The van der Waals surface area contributed by atoms with Gasteiger partial charge in [-0.15, -0.1) is 0 Å². The van der Waals surface area contributed by atoms with E-state index in [9.17, 15) is 4.79 Å². The van der Waals surface area contributed by atoms with Gasteiger partial charge in [-0.25, -0.2) is 9.50 Å². The van der Waals surface area contributed by atoms with Crippen LogP contribution >= 0.6 is 11.3 Å². The molecule has 132 valence electrons. The summed E-state index contributed by atoms with van der Waals surface area (Å²) in [5.41, 5.74) is 5.79. The van der Waals surface area contributed by atoms with Crippen molar-refractivity contribution in [2.75, 3.05) is 11.9 Å². The summed E-state index contributed by atoms with van der Waals surface area (Å²) in [5, 5.41) is 10.5. The van der Waals surface area contributed by atoms with Crippen molar-refractivity contribution in [2.24, 2.45) is 0 Å². The molecule has 25 heavy (non-hydrogen) atoms. The van der Waals surface area contributed by atoms with Gasteiger partial charge in [0.2, 0.25) is 10.9 Å². The molecule has 0 spiro atoms. The molecule has 0 aliphatic carbocycles. The molecule has 2 heterocycles. The number of nitrogens with zero attached hydrogens (tertiary/aromatic N) is 3. The lowest BCUT2D eigenvalue weighted by Crippen LogP contribution is -2.30. The second-order valence-electron chi connectivity index (χ2n) is 6.48. The van der Waals surface area contributed by atoms with Crippen LogP contribution in [0.3, 0.4) is 0 Å². The summed E-state index contributed by atoms with van der Waals surface area (Å²) in [7, 11) is 0. The third kappa shape index (κ3) is 3.88. The minimum absolute atomic E-state index is 0.0268. The number of aromatic nitrogens is 3. The van der Waals surface area contributed by atoms with Crippen molar-refractivity contribution in [3.05, 3.63) is 46.7 Å². The average molecular weight is 357 g/mol. The molecule has 3 rings (SSSR count). The highest BCUT2D eigenvalue weighted by Gasteiger charge is 2.15. The number of nitrogens with one attached hydrogen (secondary N) is 2. The Morgan fingerprint density at radius 1 is 1.32 bits per heavy atom. The first-order valence-electron chi connectivity index (χ1n) is 8.37. The van der Waals surface area contributed by atoms with Crippen LogP contribution in [0.4, 0.5) is 5.69 Å². The molecular weight excluding hydrogens is 334 g/mol. The summed E-state index contributed by atoms with van der Waals surface area (Å²) in [6.45, 7) is 8.49. The second-order valence-corrected chi connectivity index (χ2v) is 7.29. The number of carbonyl (C=O) groups is 1. The average Bonchev–Trinajstić information content (AvgIpc) is 3.16. The number of hydrogen-bond acceptors (Lipinski definition) is 5. The van der Waals surface area contributed by atoms with E-state index in [1.54, 1.807) is 10.0 Å². The number of fused-ring (bicyclic) bond motifs is 1. The zero-order valence-electron chi connectivity index (χ0n) is 14.9. The van der Waals surface area contributed by atoms with Crippen molar-refractivity contribution in [1.29, 1.82) is 0 Å². The van der Waals surface area contributed by atoms with E-state index in [0.29, 0.717) is 5.92 Å². The number of hydrogen-bond donors (Lipinski definition) is 2. The highest BCUT2D eigenvalue weighted by molar-refractivity contribution is 7.14. The summed E-state index contributed by atoms with van der Waals surface area (Å²) < 4.78 is 1.75. The number of rotatable bonds is 6. The van der Waals surface area contributed by atoms with E-state index in [-0.39, 0.29) is 18.5 Å². The van der Waals surface area contributed by atoms with Crippen LogP contribution in [0.5, 0.6) is 0 Å². The molecule has 0 aliphatic rings. The van der Waals surface area contributed by atoms with Crippen LogP contribution in [0.1, 0.15) is 49.6 Å². The molecule has 0 radical (unpaired) electrons. The summed E-state index contributed by atoms with van der Waals surface area (Å²) >= 11 is 1.49. The van der Waals surface area contributed by atoms with Crippen molar-refractivity contribution < 1.29 is 4.79 Å². The maximum atomic E-state index is 12.4. The summed E-state index contributed by atoms with van der Waals surface area (Å²) in [6, 6.07) is 6.08. The topological polar surface area (TPSA) is 71.3 Å². The fraction of sp³-hybridized carbons (Fsp3) is 0.389. The largest absolute Gasteiger partial charge is 0.324 e. The Labute approximate surface area is 151 Å². The van der Waals surface area contributed by atoms with Gasteiger partial charge in [-0.1, -0.05) is 43.4 Å². The Hall–Kier alpha value is -2.25. The van der Waals surface area contributed by atoms with Crippen molar-refractivity contribution in [1.82, 2.24) is 19.9 Å². The highest BCUT2D eigenvalue weighted by atomic mass is 32.1. The maximum absolute atomic E-state index is 12.4. The predicted molar refractivity (Wildman–Crippen MR) is 101 cm³/mol. The predicted octanol–water partition coefficient (Wildman–Crippen LogP) is 3.51. The molecule has 0 saturated carbocycles. The molecule has 0 unspecified atom stereocenters. The summed E-state index contributed by atoms with van der Waals surface area (Å²) in [4.78, 5) is 17.8. The zero-order valence-corrected chi connectivity index (χ0v) is 15.7. The highest BCUT2D eigenvalue weighted by Crippen LogP contribution is 2.27. The van der Waals surface area contributed by atoms with Crippen molar-refractivity contribution in [3.8, 4) is 0 Å². The summed E-state index contributed by atoms with van der Waals surface area (Å²) in [6.07, 6.45) is 1.89. The maximum Gasteiger partial charge on any atom is 0.238 e. The molecular formula is C18H23N5OS. The monoisotopic (exact) mass is 357 g/mol. The van der Waals surface area contributed by atoms with Crippen molar-refractivity contribution >= 4 is 27.9 Å². The number of benzene rings is 1. The number of aryl methyl sites for hydroxylation is 1. The van der Waals surface area contributed by atoms with Crippen molar-refractivity contribution in [2.45, 2.75) is 39.7 Å². The first-order chi connectivity index (χ1) is 12.0. The van der Waals surface area contributed by atoms with Gasteiger partial charge in [0.1, 0.15) is 5.51 Å². The molecule has 7 heteroatoms. The molecule has 2 N–H and O–H groups in total. The van der Waals surface area contributed by atoms with Crippen LogP contribution < -0.4 is 10.6 Å². The Morgan fingerprint density at radius 2 is 2.12 bits per heavy atom. The summed E-state index contributed by atoms with van der Waals surface area (Å²) in [5.74, 6) is 0.301. The van der Waals surface area contributed by atoms with Crippen LogP contribution in [-0.4, -0.2) is 27.0 Å². The van der Waals surface area contributed by atoms with E-state index in [2.05, 4.69) is 40.6 Å². The quantitative estimate of drug-likeness (QED) is 0.708. The van der Waals surface area contributed by atoms with Gasteiger partial charge in [-0.3, -0.25) is 4.79 Å². The van der Waals surface area contributed by atoms with Gasteiger partial charge >= 0.3 is 0 Å². The van der Waals surface area contributed by atoms with Gasteiger partial charge in [0.25, 0.3) is 0 Å². The van der Waals surface area contributed by atoms with Crippen LogP contribution in [0.2, 0.25) is 0 Å². The van der Waals surface area contributed by atoms with Gasteiger partial charge in [0.15, 0.2) is 0 Å². The van der Waals surface area contributed by atoms with E-state index in [1.165, 1.54) is 11.3 Å². The second kappa shape index (κ2) is 7.33. The van der Waals surface area contributed by atoms with Crippen LogP contribution in [0.15, 0.2) is 29.9 Å². The van der Waals surface area contributed by atoms with E-state index < -0.39 is 0 Å². The minimum atomic E-state index is -0.0535. The Balaban J connectivity index is 1.62. The third-order valence-corrected chi connectivity index (χ3v) is 4.90. The fourth-order valence-corrected chi connectivity index (χ4v) is 3.35. The minimum Gasteiger partial charge on any atom is -0.324 e. The zero-order chi connectivity index (χ0) is 18.0. The molecule has 0 fully saturated rings. The first kappa shape index (κ1) is 17.6. The number of amides is 1. The number of carbonyl (C=O) groups excluding carboxylic acids is 1. The Bertz CT molecular complexity index is 854. The molecule has 0 aliphatic heterocycles. The lowest BCUT2D eigenvalue weighted by atomic mass is 9.98. The first-order valence-corrected chi connectivity index (χ1v) is 9.25. The van der Waals surface area contributed by atoms with E-state index in [0.717, 1.165) is 27.5 Å². The van der Waals surface area contributed by atoms with Crippen LogP contribution in [0.25, 0.3) is 4.96 Å². The normalized spacial score (nSPS) is 12.7. The molecule has 1 aromatic carbocycles. The smallest absolute Gasteiger partial charge is 0.238 e. The van der Waals surface area contributed by atoms with Gasteiger partial charge in [0, 0.05) is 11.7 Å². The Kier molecular flexibility index (Phi) is 5.15. The van der Waals surface area contributed by atoms with E-state index in [4.69, 9.17) is 0 Å². The van der Waals surface area contributed by atoms with Gasteiger partial charge < -0.3 is 10.6 Å². The lowest BCUT2D eigenvalue weighted by molar-refractivity contribution is -0.115. The molecule has 6 nitrogen and oxygen atoms in total. The molecule has 3 aromatic rings. The molecule has 1 atom stereocenters.